The molecule has 1 aromatic carbocycles. The molecule has 0 aliphatic carbocycles. The van der Waals surface area contributed by atoms with Gasteiger partial charge in [0.2, 0.25) is 0 Å². The predicted octanol–water partition coefficient (Wildman–Crippen LogP) is 2.80. The van der Waals surface area contributed by atoms with Gasteiger partial charge in [-0.15, -0.1) is 0 Å². The molecule has 0 amide bonds. The van der Waals surface area contributed by atoms with Crippen molar-refractivity contribution in [3.05, 3.63) is 35.9 Å². The molecule has 90 valence electrons. The molecule has 2 heteroatoms. The van der Waals surface area contributed by atoms with Crippen LogP contribution in [0.4, 0.5) is 0 Å². The quantitative estimate of drug-likeness (QED) is 0.768. The zero-order chi connectivity index (χ0) is 11.8. The number of hydrogen-bond donors (Lipinski definition) is 1. The fourth-order valence-corrected chi connectivity index (χ4v) is 1.74. The average molecular weight is 222 g/mol. The largest absolute Gasteiger partial charge is 0.390 e. The molecule has 2 atom stereocenters. The Hall–Kier alpha value is -0.860. The van der Waals surface area contributed by atoms with Crippen molar-refractivity contribution in [1.29, 1.82) is 0 Å². The van der Waals surface area contributed by atoms with Gasteiger partial charge in [0, 0.05) is 0 Å². The first-order valence-electron chi connectivity index (χ1n) is 6.11. The number of aliphatic hydroxyl groups is 1. The van der Waals surface area contributed by atoms with Crippen LogP contribution < -0.4 is 0 Å². The first-order valence-corrected chi connectivity index (χ1v) is 6.11. The molecule has 0 aliphatic heterocycles. The molecule has 2 unspecified atom stereocenters. The van der Waals surface area contributed by atoms with Crippen LogP contribution in [0.1, 0.15) is 32.3 Å². The Labute approximate surface area is 98.3 Å². The minimum absolute atomic E-state index is 0.0197. The SMILES string of the molecule is CCC(O)C(CC)OCCc1ccccc1. The summed E-state index contributed by atoms with van der Waals surface area (Å²) in [5, 5.41) is 9.69. The maximum atomic E-state index is 9.69. The minimum atomic E-state index is -0.333. The lowest BCUT2D eigenvalue weighted by Gasteiger charge is -2.20. The normalized spacial score (nSPS) is 14.7. The number of aliphatic hydroxyl groups excluding tert-OH is 1. The topological polar surface area (TPSA) is 29.5 Å². The molecule has 0 fully saturated rings. The van der Waals surface area contributed by atoms with E-state index in [2.05, 4.69) is 12.1 Å². The van der Waals surface area contributed by atoms with E-state index in [0.717, 1.165) is 19.3 Å². The van der Waals surface area contributed by atoms with E-state index in [1.54, 1.807) is 0 Å². The molecule has 0 heterocycles. The molecule has 0 aromatic heterocycles. The van der Waals surface area contributed by atoms with Crippen LogP contribution in [-0.4, -0.2) is 23.9 Å². The molecule has 0 saturated carbocycles. The highest BCUT2D eigenvalue weighted by molar-refractivity contribution is 5.14. The molecule has 0 saturated heterocycles. The standard InChI is InChI=1S/C14H22O2/c1-3-13(15)14(4-2)16-11-10-12-8-6-5-7-9-12/h5-9,13-15H,3-4,10-11H2,1-2H3. The monoisotopic (exact) mass is 222 g/mol. The van der Waals surface area contributed by atoms with Crippen LogP contribution in [0.25, 0.3) is 0 Å². The van der Waals surface area contributed by atoms with Gasteiger partial charge in [0.25, 0.3) is 0 Å². The maximum Gasteiger partial charge on any atom is 0.0831 e. The maximum absolute atomic E-state index is 9.69. The number of hydrogen-bond acceptors (Lipinski definition) is 2. The Kier molecular flexibility index (Phi) is 6.12. The minimum Gasteiger partial charge on any atom is -0.390 e. The van der Waals surface area contributed by atoms with Gasteiger partial charge in [0.1, 0.15) is 0 Å². The summed E-state index contributed by atoms with van der Waals surface area (Å²) in [4.78, 5) is 0. The van der Waals surface area contributed by atoms with Crippen LogP contribution in [0.15, 0.2) is 30.3 Å². The lowest BCUT2D eigenvalue weighted by molar-refractivity contribution is -0.0389. The molecule has 0 aliphatic rings. The molecule has 1 N–H and O–H groups in total. The van der Waals surface area contributed by atoms with Crippen LogP contribution in [-0.2, 0) is 11.2 Å². The Balaban J connectivity index is 2.28. The van der Waals surface area contributed by atoms with E-state index in [1.807, 2.05) is 32.0 Å². The Bertz CT molecular complexity index is 271. The lowest BCUT2D eigenvalue weighted by Crippen LogP contribution is -2.28. The van der Waals surface area contributed by atoms with Crippen LogP contribution in [0.2, 0.25) is 0 Å². The van der Waals surface area contributed by atoms with E-state index in [1.165, 1.54) is 5.56 Å². The average Bonchev–Trinajstić information content (AvgIpc) is 2.35. The Morgan fingerprint density at radius 1 is 1.12 bits per heavy atom. The van der Waals surface area contributed by atoms with E-state index in [0.29, 0.717) is 6.61 Å². The molecule has 16 heavy (non-hydrogen) atoms. The number of ether oxygens (including phenoxy) is 1. The summed E-state index contributed by atoms with van der Waals surface area (Å²) < 4.78 is 5.70. The molecule has 2 nitrogen and oxygen atoms in total. The second kappa shape index (κ2) is 7.42. The van der Waals surface area contributed by atoms with Crippen molar-refractivity contribution in [2.24, 2.45) is 0 Å². The molecular formula is C14H22O2. The van der Waals surface area contributed by atoms with Gasteiger partial charge in [-0.05, 0) is 24.8 Å². The van der Waals surface area contributed by atoms with Crippen molar-refractivity contribution in [1.82, 2.24) is 0 Å². The molecule has 0 radical (unpaired) electrons. The van der Waals surface area contributed by atoms with Gasteiger partial charge in [-0.25, -0.2) is 0 Å². The van der Waals surface area contributed by atoms with Crippen LogP contribution in [0, 0.1) is 0 Å². The van der Waals surface area contributed by atoms with E-state index >= 15 is 0 Å². The van der Waals surface area contributed by atoms with Crippen molar-refractivity contribution < 1.29 is 9.84 Å². The summed E-state index contributed by atoms with van der Waals surface area (Å²) in [5.41, 5.74) is 1.28. The van der Waals surface area contributed by atoms with Gasteiger partial charge in [0.15, 0.2) is 0 Å². The van der Waals surface area contributed by atoms with Crippen molar-refractivity contribution in [2.45, 2.75) is 45.3 Å². The smallest absolute Gasteiger partial charge is 0.0831 e. The fourth-order valence-electron chi connectivity index (χ4n) is 1.74. The summed E-state index contributed by atoms with van der Waals surface area (Å²) in [5.74, 6) is 0. The highest BCUT2D eigenvalue weighted by atomic mass is 16.5. The van der Waals surface area contributed by atoms with Gasteiger partial charge in [0.05, 0.1) is 18.8 Å². The van der Waals surface area contributed by atoms with Gasteiger partial charge in [-0.1, -0.05) is 44.2 Å². The fraction of sp³-hybridized carbons (Fsp3) is 0.571. The summed E-state index contributed by atoms with van der Waals surface area (Å²) in [7, 11) is 0. The second-order valence-electron chi connectivity index (χ2n) is 4.03. The number of rotatable bonds is 7. The van der Waals surface area contributed by atoms with E-state index < -0.39 is 0 Å². The highest BCUT2D eigenvalue weighted by Crippen LogP contribution is 2.09. The summed E-state index contributed by atoms with van der Waals surface area (Å²) in [6.45, 7) is 4.71. The third-order valence-corrected chi connectivity index (χ3v) is 2.82. The van der Waals surface area contributed by atoms with Crippen LogP contribution >= 0.6 is 0 Å². The Morgan fingerprint density at radius 2 is 1.81 bits per heavy atom. The van der Waals surface area contributed by atoms with Gasteiger partial charge >= 0.3 is 0 Å². The Morgan fingerprint density at radius 3 is 2.38 bits per heavy atom. The zero-order valence-electron chi connectivity index (χ0n) is 10.2. The molecule has 1 aromatic rings. The second-order valence-corrected chi connectivity index (χ2v) is 4.03. The van der Waals surface area contributed by atoms with E-state index in [4.69, 9.17) is 4.74 Å². The highest BCUT2D eigenvalue weighted by Gasteiger charge is 2.15. The van der Waals surface area contributed by atoms with Crippen LogP contribution in [0.5, 0.6) is 0 Å². The summed E-state index contributed by atoms with van der Waals surface area (Å²) in [6.07, 6.45) is 2.18. The van der Waals surface area contributed by atoms with Gasteiger partial charge < -0.3 is 9.84 Å². The van der Waals surface area contributed by atoms with Crippen LogP contribution in [0.3, 0.4) is 0 Å². The first-order chi connectivity index (χ1) is 7.77. The summed E-state index contributed by atoms with van der Waals surface area (Å²) in [6, 6.07) is 10.3. The summed E-state index contributed by atoms with van der Waals surface area (Å²) >= 11 is 0. The first kappa shape index (κ1) is 13.2. The number of benzene rings is 1. The molecule has 0 spiro atoms. The van der Waals surface area contributed by atoms with Gasteiger partial charge in [-0.3, -0.25) is 0 Å². The van der Waals surface area contributed by atoms with Crippen molar-refractivity contribution >= 4 is 0 Å². The van der Waals surface area contributed by atoms with Crippen molar-refractivity contribution in [3.63, 3.8) is 0 Å². The molecule has 1 rings (SSSR count). The van der Waals surface area contributed by atoms with E-state index in [-0.39, 0.29) is 12.2 Å². The lowest BCUT2D eigenvalue weighted by atomic mass is 10.1. The predicted molar refractivity (Wildman–Crippen MR) is 66.5 cm³/mol. The molecule has 0 bridgehead atoms. The van der Waals surface area contributed by atoms with Crippen molar-refractivity contribution in [3.8, 4) is 0 Å². The van der Waals surface area contributed by atoms with E-state index in [9.17, 15) is 5.11 Å². The van der Waals surface area contributed by atoms with Crippen molar-refractivity contribution in [2.75, 3.05) is 6.61 Å². The third-order valence-electron chi connectivity index (χ3n) is 2.82. The zero-order valence-corrected chi connectivity index (χ0v) is 10.2. The molecular weight excluding hydrogens is 200 g/mol. The third kappa shape index (κ3) is 4.33. The van der Waals surface area contributed by atoms with Gasteiger partial charge in [-0.2, -0.15) is 0 Å².